The second-order valence-electron chi connectivity index (χ2n) is 7.92. The number of nitrogens with zero attached hydrogens (tertiary/aromatic N) is 1. The van der Waals surface area contributed by atoms with Gasteiger partial charge in [0.1, 0.15) is 5.82 Å². The van der Waals surface area contributed by atoms with Crippen LogP contribution in [-0.4, -0.2) is 37.8 Å². The van der Waals surface area contributed by atoms with Crippen LogP contribution in [0.4, 0.5) is 4.39 Å². The second kappa shape index (κ2) is 12.8. The van der Waals surface area contributed by atoms with E-state index >= 15 is 0 Å². The SMILES string of the molecule is O=C(NCC1CCCCN1S(=O)(=O)c1ccc(F)c(Cl)c1)[C]1CCCCCCC1.[CH2].[CH2]. The van der Waals surface area contributed by atoms with Gasteiger partial charge in [-0.1, -0.05) is 65.0 Å². The van der Waals surface area contributed by atoms with Crippen LogP contribution in [0.25, 0.3) is 0 Å². The number of carbonyl (C=O) groups excluding carboxylic acids is 1. The number of rotatable bonds is 5. The molecule has 0 aromatic heterocycles. The lowest BCUT2D eigenvalue weighted by Gasteiger charge is -2.35. The largest absolute Gasteiger partial charge is 0.354 e. The molecule has 2 fully saturated rings. The average molecular weight is 472 g/mol. The van der Waals surface area contributed by atoms with Crippen molar-refractivity contribution in [3.63, 3.8) is 0 Å². The van der Waals surface area contributed by atoms with Gasteiger partial charge in [-0.2, -0.15) is 4.31 Å². The van der Waals surface area contributed by atoms with Crippen molar-refractivity contribution in [1.82, 2.24) is 9.62 Å². The van der Waals surface area contributed by atoms with Crippen LogP contribution in [0.2, 0.25) is 5.02 Å². The van der Waals surface area contributed by atoms with E-state index in [-0.39, 0.29) is 43.3 Å². The van der Waals surface area contributed by atoms with Gasteiger partial charge in [-0.05, 0) is 43.9 Å². The van der Waals surface area contributed by atoms with E-state index in [4.69, 9.17) is 11.6 Å². The van der Waals surface area contributed by atoms with Crippen molar-refractivity contribution in [3.05, 3.63) is 49.8 Å². The van der Waals surface area contributed by atoms with Crippen LogP contribution in [0.15, 0.2) is 23.1 Å². The Balaban J connectivity index is 0.00000240. The zero-order chi connectivity index (χ0) is 20.9. The second-order valence-corrected chi connectivity index (χ2v) is 10.2. The Labute approximate surface area is 192 Å². The minimum absolute atomic E-state index is 0. The molecule has 1 heterocycles. The van der Waals surface area contributed by atoms with E-state index < -0.39 is 15.8 Å². The smallest absolute Gasteiger partial charge is 0.243 e. The van der Waals surface area contributed by atoms with Crippen LogP contribution in [-0.2, 0) is 14.8 Å². The molecule has 1 atom stereocenters. The van der Waals surface area contributed by atoms with E-state index in [0.717, 1.165) is 69.4 Å². The summed E-state index contributed by atoms with van der Waals surface area (Å²) in [5.74, 6) is 0.240. The summed E-state index contributed by atoms with van der Waals surface area (Å²) in [4.78, 5) is 12.6. The summed E-state index contributed by atoms with van der Waals surface area (Å²) in [6, 6.07) is 3.16. The molecule has 31 heavy (non-hydrogen) atoms. The molecule has 1 saturated carbocycles. The molecule has 3 rings (SSSR count). The van der Waals surface area contributed by atoms with Crippen LogP contribution >= 0.6 is 11.6 Å². The predicted octanol–water partition coefficient (Wildman–Crippen LogP) is 5.11. The summed E-state index contributed by atoms with van der Waals surface area (Å²) >= 11 is 5.79. The molecule has 1 aromatic rings. The maximum Gasteiger partial charge on any atom is 0.243 e. The maximum absolute atomic E-state index is 13.5. The first-order valence-corrected chi connectivity index (χ1v) is 12.3. The lowest BCUT2D eigenvalue weighted by molar-refractivity contribution is -0.120. The molecule has 0 bridgehead atoms. The van der Waals surface area contributed by atoms with E-state index in [2.05, 4.69) is 5.32 Å². The van der Waals surface area contributed by atoms with Crippen molar-refractivity contribution < 1.29 is 17.6 Å². The van der Waals surface area contributed by atoms with Gasteiger partial charge >= 0.3 is 0 Å². The number of sulfonamides is 1. The summed E-state index contributed by atoms with van der Waals surface area (Å²) in [6.07, 6.45) is 9.64. The van der Waals surface area contributed by atoms with Crippen molar-refractivity contribution >= 4 is 27.5 Å². The van der Waals surface area contributed by atoms with Gasteiger partial charge in [0, 0.05) is 19.1 Å². The third kappa shape index (κ3) is 7.16. The molecule has 5 radical (unpaired) electrons. The lowest BCUT2D eigenvalue weighted by atomic mass is 9.90. The highest BCUT2D eigenvalue weighted by Gasteiger charge is 2.34. The summed E-state index contributed by atoms with van der Waals surface area (Å²) in [7, 11) is -3.81. The molecule has 1 aromatic carbocycles. The van der Waals surface area contributed by atoms with Crippen molar-refractivity contribution in [2.24, 2.45) is 0 Å². The number of amides is 1. The van der Waals surface area contributed by atoms with Gasteiger partial charge in [0.25, 0.3) is 0 Å². The van der Waals surface area contributed by atoms with Gasteiger partial charge in [-0.15, -0.1) is 0 Å². The van der Waals surface area contributed by atoms with Crippen molar-refractivity contribution in [2.45, 2.75) is 75.1 Å². The molecule has 8 heteroatoms. The Morgan fingerprint density at radius 3 is 2.35 bits per heavy atom. The Morgan fingerprint density at radius 1 is 1.06 bits per heavy atom. The summed E-state index contributed by atoms with van der Waals surface area (Å²) in [5.41, 5.74) is 0. The molecule has 1 amide bonds. The number of hydrogen-bond donors (Lipinski definition) is 1. The molecule has 5 nitrogen and oxygen atoms in total. The van der Waals surface area contributed by atoms with Crippen molar-refractivity contribution in [2.75, 3.05) is 13.1 Å². The Bertz CT molecular complexity index is 811. The van der Waals surface area contributed by atoms with Gasteiger partial charge in [0.2, 0.25) is 15.9 Å². The molecule has 1 N–H and O–H groups in total. The first kappa shape index (κ1) is 27.9. The molecule has 2 aliphatic rings. The third-order valence-corrected chi connectivity index (χ3v) is 8.08. The quantitative estimate of drug-likeness (QED) is 0.648. The van der Waals surface area contributed by atoms with E-state index in [1.54, 1.807) is 0 Å². The zero-order valence-corrected chi connectivity index (χ0v) is 19.6. The molecule has 1 saturated heterocycles. The fourth-order valence-electron chi connectivity index (χ4n) is 4.16. The molecule has 173 valence electrons. The Hall–Kier alpha value is -1.18. The van der Waals surface area contributed by atoms with Crippen LogP contribution in [0.3, 0.4) is 0 Å². The minimum Gasteiger partial charge on any atom is -0.354 e. The Morgan fingerprint density at radius 2 is 1.71 bits per heavy atom. The monoisotopic (exact) mass is 471 g/mol. The molecular formula is C23H33ClFN2O3S. The zero-order valence-electron chi connectivity index (χ0n) is 18.0. The lowest BCUT2D eigenvalue weighted by Crippen LogP contribution is -2.49. The van der Waals surface area contributed by atoms with Crippen LogP contribution < -0.4 is 5.32 Å². The minimum atomic E-state index is -3.81. The third-order valence-electron chi connectivity index (χ3n) is 5.85. The first-order chi connectivity index (χ1) is 13.9. The highest BCUT2D eigenvalue weighted by atomic mass is 35.5. The van der Waals surface area contributed by atoms with E-state index in [9.17, 15) is 17.6 Å². The number of piperidine rings is 1. The van der Waals surface area contributed by atoms with E-state index in [1.165, 1.54) is 16.8 Å². The highest BCUT2D eigenvalue weighted by molar-refractivity contribution is 7.89. The Kier molecular flexibility index (Phi) is 11.5. The van der Waals surface area contributed by atoms with Crippen molar-refractivity contribution in [3.8, 4) is 0 Å². The van der Waals surface area contributed by atoms with Gasteiger partial charge in [-0.25, -0.2) is 12.8 Å². The van der Waals surface area contributed by atoms with Gasteiger partial charge in [0.15, 0.2) is 0 Å². The number of carbonyl (C=O) groups is 1. The normalized spacial score (nSPS) is 21.2. The van der Waals surface area contributed by atoms with Crippen LogP contribution in [0.1, 0.15) is 64.2 Å². The topological polar surface area (TPSA) is 66.5 Å². The molecular weight excluding hydrogens is 439 g/mol. The van der Waals surface area contributed by atoms with Crippen molar-refractivity contribution in [1.29, 1.82) is 0 Å². The van der Waals surface area contributed by atoms with Gasteiger partial charge < -0.3 is 5.32 Å². The predicted molar refractivity (Wildman–Crippen MR) is 122 cm³/mol. The standard InChI is InChI=1S/C21H29ClFN2O3S.2CH2/c22-19-14-18(11-12-20(19)23)29(27,28)25-13-7-6-10-17(25)15-24-21(26)16-8-4-2-1-3-5-9-16;;/h11-12,14,17H,1-10,13,15H2,(H,24,26);2*1H2. The molecule has 0 spiro atoms. The maximum atomic E-state index is 13.5. The average Bonchev–Trinajstić information content (AvgIpc) is 2.68. The van der Waals surface area contributed by atoms with Crippen LogP contribution in [0.5, 0.6) is 0 Å². The fraction of sp³-hybridized carbons (Fsp3) is 0.565. The molecule has 1 aliphatic heterocycles. The number of hydrogen-bond acceptors (Lipinski definition) is 3. The highest BCUT2D eigenvalue weighted by Crippen LogP contribution is 2.28. The number of nitrogens with one attached hydrogen (secondary N) is 1. The molecule has 1 unspecified atom stereocenters. The molecule has 1 aliphatic carbocycles. The summed E-state index contributed by atoms with van der Waals surface area (Å²) in [6.45, 7) is 0.672. The number of halogens is 2. The number of benzene rings is 1. The van der Waals surface area contributed by atoms with Crippen LogP contribution in [0, 0.1) is 26.6 Å². The fourth-order valence-corrected chi connectivity index (χ4v) is 6.13. The van der Waals surface area contributed by atoms with Gasteiger partial charge in [-0.3, -0.25) is 4.79 Å². The summed E-state index contributed by atoms with van der Waals surface area (Å²) in [5, 5.41) is 2.76. The first-order valence-electron chi connectivity index (χ1n) is 10.5. The van der Waals surface area contributed by atoms with E-state index in [0.29, 0.717) is 13.0 Å². The summed E-state index contributed by atoms with van der Waals surface area (Å²) < 4.78 is 41.1. The van der Waals surface area contributed by atoms with Gasteiger partial charge in [0.05, 0.1) is 15.8 Å². The van der Waals surface area contributed by atoms with E-state index in [1.807, 2.05) is 0 Å².